The summed E-state index contributed by atoms with van der Waals surface area (Å²) in [6.45, 7) is 5.00. The molecule has 0 amide bonds. The van der Waals surface area contributed by atoms with E-state index >= 15 is 0 Å². The first-order valence-corrected chi connectivity index (χ1v) is 15.1. The van der Waals surface area contributed by atoms with Crippen molar-refractivity contribution in [2.75, 3.05) is 27.2 Å². The van der Waals surface area contributed by atoms with Gasteiger partial charge >= 0.3 is 11.9 Å². The summed E-state index contributed by atoms with van der Waals surface area (Å²) in [6, 6.07) is 0. The Morgan fingerprint density at radius 2 is 1.11 bits per heavy atom. The van der Waals surface area contributed by atoms with Gasteiger partial charge in [-0.2, -0.15) is 0 Å². The lowest BCUT2D eigenvalue weighted by Gasteiger charge is -2.18. The predicted molar refractivity (Wildman–Crippen MR) is 149 cm³/mol. The maximum atomic E-state index is 12.4. The van der Waals surface area contributed by atoms with Gasteiger partial charge in [-0.3, -0.25) is 9.59 Å². The number of ether oxygens (including phenoxy) is 2. The van der Waals surface area contributed by atoms with Crippen LogP contribution in [-0.4, -0.2) is 61.4 Å². The fraction of sp³-hybridized carbons (Fsp3) is 0.933. The summed E-state index contributed by atoms with van der Waals surface area (Å²) >= 11 is 0. The number of aliphatic hydroxyl groups excluding tert-OH is 1. The monoisotopic (exact) mass is 513 g/mol. The SMILES string of the molecule is CCCCCCCCC(CCCCCCCC)OC(=O)CCCCCCC(=O)OCC(O)CN(C)C. The van der Waals surface area contributed by atoms with Crippen LogP contribution in [0.15, 0.2) is 0 Å². The van der Waals surface area contributed by atoms with E-state index < -0.39 is 6.10 Å². The molecule has 0 fully saturated rings. The molecule has 0 spiro atoms. The maximum absolute atomic E-state index is 12.4. The lowest BCUT2D eigenvalue weighted by Crippen LogP contribution is -2.30. The average molecular weight is 514 g/mol. The second-order valence-electron chi connectivity index (χ2n) is 10.7. The number of carbonyl (C=O) groups is 2. The van der Waals surface area contributed by atoms with E-state index in [1.165, 1.54) is 64.2 Å². The zero-order valence-corrected chi connectivity index (χ0v) is 24.2. The van der Waals surface area contributed by atoms with Crippen molar-refractivity contribution < 1.29 is 24.2 Å². The van der Waals surface area contributed by atoms with Crippen LogP contribution in [0.5, 0.6) is 0 Å². The van der Waals surface area contributed by atoms with Crippen LogP contribution in [0.1, 0.15) is 142 Å². The molecule has 0 bridgehead atoms. The highest BCUT2D eigenvalue weighted by Crippen LogP contribution is 2.18. The minimum Gasteiger partial charge on any atom is -0.463 e. The van der Waals surface area contributed by atoms with Gasteiger partial charge < -0.3 is 19.5 Å². The summed E-state index contributed by atoms with van der Waals surface area (Å²) in [5.41, 5.74) is 0. The standard InChI is InChI=1S/C30H59NO5/c1-5-7-9-11-13-17-21-28(22-18-14-12-10-8-6-2)36-30(34)24-20-16-15-19-23-29(33)35-26-27(32)25-31(3)4/h27-28,32H,5-26H2,1-4H3. The van der Waals surface area contributed by atoms with Crippen molar-refractivity contribution in [1.29, 1.82) is 0 Å². The second kappa shape index (κ2) is 25.5. The van der Waals surface area contributed by atoms with Gasteiger partial charge in [-0.15, -0.1) is 0 Å². The Labute approximate surface area is 222 Å². The van der Waals surface area contributed by atoms with Crippen LogP contribution in [0.25, 0.3) is 0 Å². The van der Waals surface area contributed by atoms with Gasteiger partial charge in [0.1, 0.15) is 18.8 Å². The molecule has 0 rings (SSSR count). The van der Waals surface area contributed by atoms with E-state index in [2.05, 4.69) is 13.8 Å². The van der Waals surface area contributed by atoms with Crippen molar-refractivity contribution in [3.05, 3.63) is 0 Å². The molecule has 1 N–H and O–H groups in total. The molecule has 6 nitrogen and oxygen atoms in total. The van der Waals surface area contributed by atoms with Crippen molar-refractivity contribution in [2.24, 2.45) is 0 Å². The molecule has 0 radical (unpaired) electrons. The van der Waals surface area contributed by atoms with Gasteiger partial charge in [0.2, 0.25) is 0 Å². The molecule has 6 heteroatoms. The molecule has 1 unspecified atom stereocenters. The van der Waals surface area contributed by atoms with E-state index in [-0.39, 0.29) is 24.6 Å². The highest BCUT2D eigenvalue weighted by Gasteiger charge is 2.14. The third-order valence-electron chi connectivity index (χ3n) is 6.58. The third-order valence-corrected chi connectivity index (χ3v) is 6.58. The molecule has 0 heterocycles. The predicted octanol–water partition coefficient (Wildman–Crippen LogP) is 7.21. The lowest BCUT2D eigenvalue weighted by atomic mass is 10.0. The molecule has 0 aliphatic carbocycles. The summed E-state index contributed by atoms with van der Waals surface area (Å²) in [7, 11) is 3.73. The highest BCUT2D eigenvalue weighted by atomic mass is 16.5. The zero-order chi connectivity index (χ0) is 26.9. The van der Waals surface area contributed by atoms with Crippen LogP contribution in [0, 0.1) is 0 Å². The third kappa shape index (κ3) is 24.5. The van der Waals surface area contributed by atoms with Crippen molar-refractivity contribution in [1.82, 2.24) is 4.90 Å². The number of hydrogen-bond donors (Lipinski definition) is 1. The van der Waals surface area contributed by atoms with Gasteiger partial charge in [-0.1, -0.05) is 90.9 Å². The number of likely N-dealkylation sites (N-methyl/N-ethyl adjacent to an activating group) is 1. The molecule has 214 valence electrons. The van der Waals surface area contributed by atoms with Crippen molar-refractivity contribution in [3.63, 3.8) is 0 Å². The van der Waals surface area contributed by atoms with E-state index in [0.717, 1.165) is 51.4 Å². The molecule has 0 aliphatic heterocycles. The Kier molecular flexibility index (Phi) is 24.7. The van der Waals surface area contributed by atoms with Crippen LogP contribution in [0.4, 0.5) is 0 Å². The molecule has 36 heavy (non-hydrogen) atoms. The lowest BCUT2D eigenvalue weighted by molar-refractivity contribution is -0.150. The molecular formula is C30H59NO5. The van der Waals surface area contributed by atoms with E-state index in [1.54, 1.807) is 0 Å². The number of aliphatic hydroxyl groups is 1. The van der Waals surface area contributed by atoms with E-state index in [4.69, 9.17) is 9.47 Å². The molecule has 0 aromatic heterocycles. The van der Waals surface area contributed by atoms with Crippen LogP contribution in [0.3, 0.4) is 0 Å². The molecule has 1 atom stereocenters. The van der Waals surface area contributed by atoms with Crippen LogP contribution < -0.4 is 0 Å². The van der Waals surface area contributed by atoms with Gasteiger partial charge in [0.25, 0.3) is 0 Å². The van der Waals surface area contributed by atoms with E-state index in [1.807, 2.05) is 19.0 Å². The summed E-state index contributed by atoms with van der Waals surface area (Å²) in [5.74, 6) is -0.328. The van der Waals surface area contributed by atoms with Gasteiger partial charge in [-0.25, -0.2) is 0 Å². The summed E-state index contributed by atoms with van der Waals surface area (Å²) < 4.78 is 11.0. The van der Waals surface area contributed by atoms with Crippen LogP contribution in [0.2, 0.25) is 0 Å². The molecular weight excluding hydrogens is 454 g/mol. The highest BCUT2D eigenvalue weighted by molar-refractivity contribution is 5.69. The van der Waals surface area contributed by atoms with E-state index in [0.29, 0.717) is 19.4 Å². The Morgan fingerprint density at radius 1 is 0.667 bits per heavy atom. The van der Waals surface area contributed by atoms with Crippen molar-refractivity contribution in [2.45, 2.75) is 154 Å². The molecule has 0 aromatic carbocycles. The summed E-state index contributed by atoms with van der Waals surface area (Å²) in [5, 5.41) is 9.74. The largest absolute Gasteiger partial charge is 0.463 e. The second-order valence-corrected chi connectivity index (χ2v) is 10.7. The number of unbranched alkanes of at least 4 members (excludes halogenated alkanes) is 13. The number of carbonyl (C=O) groups excluding carboxylic acids is 2. The Bertz CT molecular complexity index is 496. The van der Waals surface area contributed by atoms with Crippen LogP contribution in [-0.2, 0) is 19.1 Å². The number of rotatable bonds is 26. The summed E-state index contributed by atoms with van der Waals surface area (Å²) in [6.07, 6.45) is 20.7. The van der Waals surface area contributed by atoms with Gasteiger partial charge in [0.05, 0.1) is 0 Å². The number of hydrogen-bond acceptors (Lipinski definition) is 6. The minimum atomic E-state index is -0.652. The van der Waals surface area contributed by atoms with Gasteiger partial charge in [0, 0.05) is 19.4 Å². The maximum Gasteiger partial charge on any atom is 0.306 e. The number of esters is 2. The van der Waals surface area contributed by atoms with E-state index in [9.17, 15) is 14.7 Å². The Morgan fingerprint density at radius 3 is 1.61 bits per heavy atom. The number of nitrogens with zero attached hydrogens (tertiary/aromatic N) is 1. The first kappa shape index (κ1) is 34.9. The average Bonchev–Trinajstić information content (AvgIpc) is 2.83. The molecule has 0 saturated heterocycles. The normalized spacial score (nSPS) is 12.3. The Balaban J connectivity index is 4.03. The molecule has 0 aliphatic rings. The van der Waals surface area contributed by atoms with Crippen molar-refractivity contribution in [3.8, 4) is 0 Å². The first-order valence-electron chi connectivity index (χ1n) is 15.1. The molecule has 0 saturated carbocycles. The minimum absolute atomic E-state index is 0.0432. The smallest absolute Gasteiger partial charge is 0.306 e. The first-order chi connectivity index (χ1) is 17.4. The zero-order valence-electron chi connectivity index (χ0n) is 24.2. The van der Waals surface area contributed by atoms with Crippen LogP contribution >= 0.6 is 0 Å². The molecule has 0 aromatic rings. The quantitative estimate of drug-likeness (QED) is 0.0973. The van der Waals surface area contributed by atoms with Crippen molar-refractivity contribution >= 4 is 11.9 Å². The fourth-order valence-electron chi connectivity index (χ4n) is 4.44. The topological polar surface area (TPSA) is 76.1 Å². The summed E-state index contributed by atoms with van der Waals surface area (Å²) in [4.78, 5) is 26.1. The van der Waals surface area contributed by atoms with Gasteiger partial charge in [-0.05, 0) is 52.6 Å². The fourth-order valence-corrected chi connectivity index (χ4v) is 4.44. The van der Waals surface area contributed by atoms with Gasteiger partial charge in [0.15, 0.2) is 0 Å². The Hall–Kier alpha value is -1.14.